The number of rotatable bonds is 0. The molecular formula is C3H4ClNS. The third-order valence-electron chi connectivity index (χ3n) is 0.517. The summed E-state index contributed by atoms with van der Waals surface area (Å²) >= 11 is 7.13. The van der Waals surface area contributed by atoms with Crippen molar-refractivity contribution in [2.24, 2.45) is 0 Å². The Hall–Kier alpha value is 0.180. The first-order valence-corrected chi connectivity index (χ1v) is 2.99. The zero-order chi connectivity index (χ0) is 4.41. The molecule has 1 nitrogen and oxygen atoms in total. The summed E-state index contributed by atoms with van der Waals surface area (Å²) in [6, 6.07) is 0. The molecule has 1 aliphatic rings. The zero-order valence-electron chi connectivity index (χ0n) is 3.10. The fourth-order valence-electron chi connectivity index (χ4n) is 0.266. The van der Waals surface area contributed by atoms with Crippen molar-refractivity contribution in [1.82, 2.24) is 4.42 Å². The van der Waals surface area contributed by atoms with Gasteiger partial charge in [-0.2, -0.15) is 0 Å². The van der Waals surface area contributed by atoms with E-state index in [0.717, 1.165) is 5.88 Å². The van der Waals surface area contributed by atoms with Crippen molar-refractivity contribution in [3.05, 3.63) is 11.6 Å². The molecule has 0 aromatic heterocycles. The van der Waals surface area contributed by atoms with Crippen LogP contribution in [0, 0.1) is 0 Å². The maximum absolute atomic E-state index is 5.44. The molecule has 1 aliphatic heterocycles. The van der Waals surface area contributed by atoms with E-state index >= 15 is 0 Å². The highest BCUT2D eigenvalue weighted by Crippen LogP contribution is 2.15. The van der Waals surface area contributed by atoms with Crippen LogP contribution in [0.2, 0.25) is 0 Å². The van der Waals surface area contributed by atoms with Crippen LogP contribution in [0.1, 0.15) is 0 Å². The molecule has 0 atom stereocenters. The molecule has 0 aromatic carbocycles. The van der Waals surface area contributed by atoms with Gasteiger partial charge in [0.25, 0.3) is 0 Å². The molecule has 0 aliphatic carbocycles. The highest BCUT2D eigenvalue weighted by molar-refractivity contribution is 8.02. The van der Waals surface area contributed by atoms with Gasteiger partial charge in [-0.1, -0.05) is 0 Å². The summed E-state index contributed by atoms with van der Waals surface area (Å²) < 4.78 is 1.62. The van der Waals surface area contributed by atoms with E-state index in [0.29, 0.717) is 0 Å². The molecule has 0 aromatic rings. The van der Waals surface area contributed by atoms with Gasteiger partial charge in [-0.05, 0) is 5.41 Å². The van der Waals surface area contributed by atoms with Crippen molar-refractivity contribution < 1.29 is 0 Å². The Bertz CT molecular complexity index is 73.2. The van der Waals surface area contributed by atoms with Gasteiger partial charge >= 0.3 is 0 Å². The number of hydrogen-bond donors (Lipinski definition) is 0. The number of hydrogen-bond acceptors (Lipinski definition) is 2. The molecule has 0 spiro atoms. The standard InChI is InChI=1S/C3H4ClNS/c4-5-1-2-6-3-5/h1-2H,3H2. The second-order valence-electron chi connectivity index (χ2n) is 0.981. The lowest BCUT2D eigenvalue weighted by molar-refractivity contribution is 0.737. The summed E-state index contributed by atoms with van der Waals surface area (Å²) in [4.78, 5) is 0. The van der Waals surface area contributed by atoms with Gasteiger partial charge in [-0.25, -0.2) is 0 Å². The summed E-state index contributed by atoms with van der Waals surface area (Å²) in [6.45, 7) is 0. The lowest BCUT2D eigenvalue weighted by atomic mass is 11.0. The zero-order valence-corrected chi connectivity index (χ0v) is 4.67. The molecule has 0 unspecified atom stereocenters. The molecule has 0 N–H and O–H groups in total. The van der Waals surface area contributed by atoms with Gasteiger partial charge in [0.2, 0.25) is 0 Å². The first-order chi connectivity index (χ1) is 2.89. The van der Waals surface area contributed by atoms with Crippen molar-refractivity contribution in [2.45, 2.75) is 0 Å². The Labute approximate surface area is 46.1 Å². The Morgan fingerprint density at radius 3 is 2.83 bits per heavy atom. The fourth-order valence-corrected chi connectivity index (χ4v) is 1.11. The van der Waals surface area contributed by atoms with Gasteiger partial charge < -0.3 is 0 Å². The average molecular weight is 122 g/mol. The Kier molecular flexibility index (Phi) is 1.27. The predicted molar refractivity (Wildman–Crippen MR) is 29.3 cm³/mol. The maximum atomic E-state index is 5.44. The fraction of sp³-hybridized carbons (Fsp3) is 0.333. The molecule has 6 heavy (non-hydrogen) atoms. The van der Waals surface area contributed by atoms with E-state index in [9.17, 15) is 0 Å². The lowest BCUT2D eigenvalue weighted by Gasteiger charge is -1.96. The van der Waals surface area contributed by atoms with E-state index in [-0.39, 0.29) is 0 Å². The maximum Gasteiger partial charge on any atom is 0.0838 e. The summed E-state index contributed by atoms with van der Waals surface area (Å²) in [7, 11) is 0. The second-order valence-corrected chi connectivity index (χ2v) is 2.28. The third kappa shape index (κ3) is 0.820. The highest BCUT2D eigenvalue weighted by atomic mass is 35.5. The molecule has 0 bridgehead atoms. The molecule has 0 fully saturated rings. The highest BCUT2D eigenvalue weighted by Gasteiger charge is 1.96. The molecule has 0 radical (unpaired) electrons. The predicted octanol–water partition coefficient (Wildman–Crippen LogP) is 1.62. The van der Waals surface area contributed by atoms with Gasteiger partial charge in [0.1, 0.15) is 0 Å². The third-order valence-corrected chi connectivity index (χ3v) is 1.63. The summed E-state index contributed by atoms with van der Waals surface area (Å²) in [5.74, 6) is 0.890. The van der Waals surface area contributed by atoms with Crippen molar-refractivity contribution >= 4 is 23.5 Å². The molecule has 1 rings (SSSR count). The van der Waals surface area contributed by atoms with Gasteiger partial charge in [0, 0.05) is 18.0 Å². The minimum Gasteiger partial charge on any atom is -0.282 e. The van der Waals surface area contributed by atoms with Gasteiger partial charge in [-0.15, -0.1) is 11.8 Å². The first-order valence-electron chi connectivity index (χ1n) is 1.60. The average Bonchev–Trinajstić information content (AvgIpc) is 1.86. The Balaban J connectivity index is 2.38. The topological polar surface area (TPSA) is 3.24 Å². The monoisotopic (exact) mass is 121 g/mol. The molecule has 0 saturated carbocycles. The Morgan fingerprint density at radius 1 is 1.83 bits per heavy atom. The van der Waals surface area contributed by atoms with Crippen molar-refractivity contribution in [3.63, 3.8) is 0 Å². The van der Waals surface area contributed by atoms with E-state index < -0.39 is 0 Å². The lowest BCUT2D eigenvalue weighted by Crippen LogP contribution is -1.93. The molecule has 0 saturated heterocycles. The Morgan fingerprint density at radius 2 is 2.67 bits per heavy atom. The van der Waals surface area contributed by atoms with Crippen molar-refractivity contribution in [1.29, 1.82) is 0 Å². The summed E-state index contributed by atoms with van der Waals surface area (Å²) in [6.07, 6.45) is 1.84. The van der Waals surface area contributed by atoms with Crippen LogP contribution in [0.3, 0.4) is 0 Å². The second kappa shape index (κ2) is 1.76. The first kappa shape index (κ1) is 4.34. The minimum atomic E-state index is 0.890. The van der Waals surface area contributed by atoms with E-state index in [4.69, 9.17) is 11.8 Å². The summed E-state index contributed by atoms with van der Waals surface area (Å²) in [5.41, 5.74) is 0. The van der Waals surface area contributed by atoms with E-state index in [1.165, 1.54) is 0 Å². The SMILES string of the molecule is ClN1C=CSC1. The van der Waals surface area contributed by atoms with Crippen LogP contribution >= 0.6 is 23.5 Å². The normalized spacial score (nSPS) is 19.8. The van der Waals surface area contributed by atoms with Crippen LogP contribution in [-0.4, -0.2) is 10.3 Å². The van der Waals surface area contributed by atoms with Crippen LogP contribution in [0.4, 0.5) is 0 Å². The minimum absolute atomic E-state index is 0.890. The quantitative estimate of drug-likeness (QED) is 0.448. The smallest absolute Gasteiger partial charge is 0.0838 e. The van der Waals surface area contributed by atoms with Gasteiger partial charge in [0.05, 0.1) is 5.88 Å². The van der Waals surface area contributed by atoms with Crippen molar-refractivity contribution in [2.75, 3.05) is 5.88 Å². The van der Waals surface area contributed by atoms with E-state index in [2.05, 4.69) is 0 Å². The van der Waals surface area contributed by atoms with Crippen LogP contribution in [0.15, 0.2) is 11.6 Å². The van der Waals surface area contributed by atoms with Crippen LogP contribution in [-0.2, 0) is 0 Å². The molecule has 1 heterocycles. The van der Waals surface area contributed by atoms with Crippen LogP contribution < -0.4 is 0 Å². The summed E-state index contributed by atoms with van der Waals surface area (Å²) in [5, 5.41) is 1.97. The van der Waals surface area contributed by atoms with E-state index in [1.807, 2.05) is 11.6 Å². The molecular weight excluding hydrogens is 118 g/mol. The largest absolute Gasteiger partial charge is 0.282 e. The van der Waals surface area contributed by atoms with E-state index in [1.54, 1.807) is 16.2 Å². The molecule has 34 valence electrons. The van der Waals surface area contributed by atoms with Gasteiger partial charge in [0.15, 0.2) is 0 Å². The number of nitrogens with zero attached hydrogens (tertiary/aromatic N) is 1. The number of halogens is 1. The molecule has 3 heteroatoms. The van der Waals surface area contributed by atoms with Crippen LogP contribution in [0.25, 0.3) is 0 Å². The van der Waals surface area contributed by atoms with Crippen molar-refractivity contribution in [3.8, 4) is 0 Å². The van der Waals surface area contributed by atoms with Gasteiger partial charge in [-0.3, -0.25) is 4.42 Å². The number of thioether (sulfide) groups is 1. The molecule has 0 amide bonds. The van der Waals surface area contributed by atoms with Crippen LogP contribution in [0.5, 0.6) is 0 Å².